The van der Waals surface area contributed by atoms with Crippen molar-refractivity contribution in [2.24, 2.45) is 23.7 Å². The van der Waals surface area contributed by atoms with E-state index in [0.29, 0.717) is 17.8 Å². The SMILES string of the molecule is CC(C)(C)c1cc2c3c(c1)CCc1c-3c(c3c4c5c(ccc4n4c6cc(C#N)c7c(c6c1c34)C1CC3CC(CC7C3)C1)C1CC3CC(C1)CC5C3)CC2. The Morgan fingerprint density at radius 1 is 0.566 bits per heavy atom. The summed E-state index contributed by atoms with van der Waals surface area (Å²) in [4.78, 5) is 0. The van der Waals surface area contributed by atoms with Crippen molar-refractivity contribution in [2.45, 2.75) is 140 Å². The predicted octanol–water partition coefficient (Wildman–Crippen LogP) is 12.7. The van der Waals surface area contributed by atoms with E-state index in [-0.39, 0.29) is 5.41 Å². The van der Waals surface area contributed by atoms with Crippen LogP contribution in [-0.2, 0) is 31.1 Å². The Balaban J connectivity index is 1.20. The van der Waals surface area contributed by atoms with E-state index in [1.807, 2.05) is 0 Å². The molecule has 4 unspecified atom stereocenters. The van der Waals surface area contributed by atoms with Gasteiger partial charge in [0, 0.05) is 21.5 Å². The fourth-order valence-electron chi connectivity index (χ4n) is 15.8. The van der Waals surface area contributed by atoms with Gasteiger partial charge in [0.15, 0.2) is 0 Å². The summed E-state index contributed by atoms with van der Waals surface area (Å²) in [6.07, 6.45) is 18.4. The molecule has 0 saturated heterocycles. The molecule has 2 heterocycles. The number of aryl methyl sites for hydroxylation is 4. The monoisotopic (exact) mass is 690 g/mol. The zero-order chi connectivity index (χ0) is 34.8. The molecule has 4 aromatic carbocycles. The van der Waals surface area contributed by atoms with Crippen LogP contribution in [0.25, 0.3) is 49.2 Å². The van der Waals surface area contributed by atoms with Crippen LogP contribution in [-0.4, -0.2) is 4.40 Å². The summed E-state index contributed by atoms with van der Waals surface area (Å²) in [7, 11) is 0. The Hall–Kier alpha value is -3.83. The molecule has 53 heavy (non-hydrogen) atoms. The van der Waals surface area contributed by atoms with Crippen LogP contribution < -0.4 is 0 Å². The van der Waals surface area contributed by atoms with E-state index in [2.05, 4.69) is 61.6 Å². The first-order valence-corrected chi connectivity index (χ1v) is 21.8. The molecule has 10 aliphatic rings. The van der Waals surface area contributed by atoms with Gasteiger partial charge in [0.05, 0.1) is 28.2 Å². The molecule has 4 fully saturated rings. The molecule has 4 saturated carbocycles. The zero-order valence-electron chi connectivity index (χ0n) is 31.8. The first-order valence-electron chi connectivity index (χ1n) is 21.8. The van der Waals surface area contributed by atoms with Crippen molar-refractivity contribution in [1.29, 1.82) is 5.26 Å². The van der Waals surface area contributed by atoms with Crippen molar-refractivity contribution in [1.82, 2.24) is 4.40 Å². The Bertz CT molecular complexity index is 2700. The highest BCUT2D eigenvalue weighted by molar-refractivity contribution is 6.29. The minimum absolute atomic E-state index is 0.154. The maximum Gasteiger partial charge on any atom is 0.0995 e. The van der Waals surface area contributed by atoms with Gasteiger partial charge in [0.2, 0.25) is 0 Å². The first kappa shape index (κ1) is 29.5. The van der Waals surface area contributed by atoms with Crippen molar-refractivity contribution >= 4 is 38.1 Å². The second-order valence-electron chi connectivity index (χ2n) is 21.0. The van der Waals surface area contributed by atoms with E-state index < -0.39 is 0 Å². The Morgan fingerprint density at radius 2 is 1.11 bits per heavy atom. The van der Waals surface area contributed by atoms with Gasteiger partial charge in [0.1, 0.15) is 0 Å². The molecule has 0 radical (unpaired) electrons. The van der Waals surface area contributed by atoms with E-state index in [9.17, 15) is 5.26 Å². The van der Waals surface area contributed by atoms with Crippen molar-refractivity contribution in [3.63, 3.8) is 0 Å². The molecular weight excluding hydrogens is 641 g/mol. The first-order chi connectivity index (χ1) is 25.8. The molecule has 2 heteroatoms. The molecule has 16 rings (SSSR count). The summed E-state index contributed by atoms with van der Waals surface area (Å²) < 4.78 is 2.77. The number of nitriles is 1. The van der Waals surface area contributed by atoms with E-state index in [4.69, 9.17) is 0 Å². The molecule has 4 atom stereocenters. The average Bonchev–Trinajstić information content (AvgIpc) is 3.52. The Kier molecular flexibility index (Phi) is 5.30. The summed E-state index contributed by atoms with van der Waals surface area (Å²) in [5.74, 6) is 6.09. The number of benzene rings is 4. The van der Waals surface area contributed by atoms with Crippen LogP contribution in [0.1, 0.15) is 164 Å². The fourth-order valence-corrected chi connectivity index (χ4v) is 15.8. The van der Waals surface area contributed by atoms with Gasteiger partial charge >= 0.3 is 0 Å². The average molecular weight is 691 g/mol. The summed E-state index contributed by atoms with van der Waals surface area (Å²) in [5.41, 5.74) is 23.5. The van der Waals surface area contributed by atoms with Gasteiger partial charge in [-0.05, 0) is 216 Å². The van der Waals surface area contributed by atoms with Gasteiger partial charge in [0.25, 0.3) is 0 Å². The minimum Gasteiger partial charge on any atom is -0.308 e. The second-order valence-corrected chi connectivity index (χ2v) is 21.0. The van der Waals surface area contributed by atoms with Gasteiger partial charge in [-0.1, -0.05) is 39.0 Å². The quantitative estimate of drug-likeness (QED) is 0.156. The Labute approximate surface area is 313 Å². The highest BCUT2D eigenvalue weighted by atomic mass is 14.9. The van der Waals surface area contributed by atoms with E-state index >= 15 is 0 Å². The Morgan fingerprint density at radius 3 is 1.70 bits per heavy atom. The molecule has 10 aliphatic carbocycles. The van der Waals surface area contributed by atoms with Crippen LogP contribution in [0.2, 0.25) is 0 Å². The number of fused-ring (bicyclic) bond motifs is 8. The molecular formula is C51H50N2. The van der Waals surface area contributed by atoms with E-state index in [0.717, 1.165) is 60.8 Å². The van der Waals surface area contributed by atoms with Crippen LogP contribution in [0.15, 0.2) is 30.3 Å². The lowest BCUT2D eigenvalue weighted by molar-refractivity contribution is 0.166. The topological polar surface area (TPSA) is 28.2 Å². The maximum atomic E-state index is 11.0. The summed E-state index contributed by atoms with van der Waals surface area (Å²) in [5, 5.41) is 17.5. The van der Waals surface area contributed by atoms with Crippen molar-refractivity contribution in [3.8, 4) is 17.2 Å². The van der Waals surface area contributed by atoms with Crippen LogP contribution in [0.5, 0.6) is 0 Å². The molecule has 0 N–H and O–H groups in total. The highest BCUT2D eigenvalue weighted by Gasteiger charge is 2.47. The molecule has 6 aromatic rings. The third kappa shape index (κ3) is 3.50. The van der Waals surface area contributed by atoms with Gasteiger partial charge in [-0.2, -0.15) is 5.26 Å². The van der Waals surface area contributed by atoms with E-state index in [1.54, 1.807) is 77.1 Å². The van der Waals surface area contributed by atoms with Gasteiger partial charge in [-0.3, -0.25) is 0 Å². The molecule has 8 bridgehead atoms. The fraction of sp³-hybridized carbons (Fsp3) is 0.510. The summed E-state index contributed by atoms with van der Waals surface area (Å²) in [6.45, 7) is 7.20. The van der Waals surface area contributed by atoms with Gasteiger partial charge in [-0.25, -0.2) is 0 Å². The lowest BCUT2D eigenvalue weighted by Gasteiger charge is -2.38. The summed E-state index contributed by atoms with van der Waals surface area (Å²) in [6, 6.07) is 15.7. The highest BCUT2D eigenvalue weighted by Crippen LogP contribution is 2.63. The molecule has 0 spiro atoms. The smallest absolute Gasteiger partial charge is 0.0995 e. The van der Waals surface area contributed by atoms with Gasteiger partial charge in [-0.15, -0.1) is 0 Å². The third-order valence-electron chi connectivity index (χ3n) is 17.3. The van der Waals surface area contributed by atoms with Gasteiger partial charge < -0.3 is 4.40 Å². The second kappa shape index (κ2) is 9.51. The third-order valence-corrected chi connectivity index (χ3v) is 17.3. The van der Waals surface area contributed by atoms with Crippen LogP contribution in [0.4, 0.5) is 0 Å². The number of hydrogen-bond donors (Lipinski definition) is 0. The predicted molar refractivity (Wildman–Crippen MR) is 216 cm³/mol. The van der Waals surface area contributed by atoms with E-state index in [1.165, 1.54) is 86.4 Å². The molecule has 2 nitrogen and oxygen atoms in total. The lowest BCUT2D eigenvalue weighted by atomic mass is 9.67. The maximum absolute atomic E-state index is 11.0. The lowest BCUT2D eigenvalue weighted by Crippen LogP contribution is -2.25. The molecule has 0 aliphatic heterocycles. The van der Waals surface area contributed by atoms with Crippen molar-refractivity contribution in [3.05, 3.63) is 86.0 Å². The minimum atomic E-state index is 0.154. The summed E-state index contributed by atoms with van der Waals surface area (Å²) >= 11 is 0. The van der Waals surface area contributed by atoms with Crippen LogP contribution >= 0.6 is 0 Å². The number of rotatable bonds is 0. The number of aromatic nitrogens is 1. The van der Waals surface area contributed by atoms with Crippen molar-refractivity contribution < 1.29 is 0 Å². The van der Waals surface area contributed by atoms with Crippen LogP contribution in [0.3, 0.4) is 0 Å². The van der Waals surface area contributed by atoms with Crippen molar-refractivity contribution in [2.75, 3.05) is 0 Å². The zero-order valence-corrected chi connectivity index (χ0v) is 31.8. The standard InChI is InChI=1S/C51H50N2/c1-51(2,3)35-20-28-4-6-37-45-38(7-5-29(21-35)41(28)45)47-49-40(22-34(23-52)42-31-14-26-11-27(15-31)19-33(18-26)44(42)49)53-39-9-8-36-30-12-24-10-25(13-30)17-32(16-24)43(36)48(39)46(37)50(47)53/h8-9,20-22,24-27,30-33H,4-7,10-19H2,1-3H3. The number of hydrogen-bond acceptors (Lipinski definition) is 1. The molecule has 0 amide bonds. The van der Waals surface area contributed by atoms with Crippen LogP contribution in [0, 0.1) is 35.0 Å². The number of nitrogens with zero attached hydrogens (tertiary/aromatic N) is 2. The molecule has 264 valence electrons. The molecule has 2 aromatic heterocycles. The largest absolute Gasteiger partial charge is 0.308 e. The normalized spacial score (nSPS) is 31.4.